The molecule has 1 aliphatic rings. The summed E-state index contributed by atoms with van der Waals surface area (Å²) in [5.74, 6) is -0.0214. The van der Waals surface area contributed by atoms with Crippen LogP contribution in [-0.4, -0.2) is 34.8 Å². The second kappa shape index (κ2) is 5.12. The third-order valence-corrected chi connectivity index (χ3v) is 2.96. The Morgan fingerprint density at radius 3 is 3.19 bits per heavy atom. The van der Waals surface area contributed by atoms with E-state index in [9.17, 15) is 4.79 Å². The van der Waals surface area contributed by atoms with Crippen molar-refractivity contribution in [3.8, 4) is 0 Å². The highest BCUT2D eigenvalue weighted by Gasteiger charge is 2.16. The number of amides is 1. The van der Waals surface area contributed by atoms with Gasteiger partial charge in [-0.25, -0.2) is 0 Å². The monoisotopic (exact) mass is 222 g/mol. The zero-order valence-corrected chi connectivity index (χ0v) is 9.57. The van der Waals surface area contributed by atoms with Gasteiger partial charge in [0.15, 0.2) is 0 Å². The molecule has 88 valence electrons. The molecule has 1 amide bonds. The Bertz CT molecular complexity index is 353. The van der Waals surface area contributed by atoms with Crippen LogP contribution in [-0.2, 0) is 7.05 Å². The number of hydrogen-bond acceptors (Lipinski definition) is 3. The van der Waals surface area contributed by atoms with Gasteiger partial charge in [0.25, 0.3) is 5.91 Å². The van der Waals surface area contributed by atoms with Crippen molar-refractivity contribution >= 4 is 5.91 Å². The topological polar surface area (TPSA) is 59.0 Å². The molecule has 0 aliphatic carbocycles. The van der Waals surface area contributed by atoms with Crippen molar-refractivity contribution in [3.63, 3.8) is 0 Å². The summed E-state index contributed by atoms with van der Waals surface area (Å²) in [6.07, 6.45) is 4.82. The summed E-state index contributed by atoms with van der Waals surface area (Å²) < 4.78 is 1.60. The SMILES string of the molecule is Cn1nccc1C(=O)NC1CCCNCC1. The van der Waals surface area contributed by atoms with Crippen LogP contribution in [0.4, 0.5) is 0 Å². The van der Waals surface area contributed by atoms with E-state index in [4.69, 9.17) is 0 Å². The van der Waals surface area contributed by atoms with E-state index in [-0.39, 0.29) is 11.9 Å². The molecule has 0 spiro atoms. The molecule has 1 unspecified atom stereocenters. The van der Waals surface area contributed by atoms with Crippen LogP contribution in [0.25, 0.3) is 0 Å². The van der Waals surface area contributed by atoms with Crippen molar-refractivity contribution in [1.29, 1.82) is 0 Å². The largest absolute Gasteiger partial charge is 0.348 e. The summed E-state index contributed by atoms with van der Waals surface area (Å²) in [5.41, 5.74) is 0.622. The first-order valence-electron chi connectivity index (χ1n) is 5.77. The Hall–Kier alpha value is -1.36. The van der Waals surface area contributed by atoms with E-state index in [2.05, 4.69) is 15.7 Å². The number of aryl methyl sites for hydroxylation is 1. The molecule has 0 aromatic carbocycles. The van der Waals surface area contributed by atoms with Crippen molar-refractivity contribution in [2.75, 3.05) is 13.1 Å². The van der Waals surface area contributed by atoms with Gasteiger partial charge in [0.05, 0.1) is 0 Å². The van der Waals surface area contributed by atoms with Crippen LogP contribution in [0.1, 0.15) is 29.8 Å². The summed E-state index contributed by atoms with van der Waals surface area (Å²) in [7, 11) is 1.78. The number of nitrogens with one attached hydrogen (secondary N) is 2. The number of nitrogens with zero attached hydrogens (tertiary/aromatic N) is 2. The van der Waals surface area contributed by atoms with Gasteiger partial charge in [-0.3, -0.25) is 9.48 Å². The van der Waals surface area contributed by atoms with Crippen molar-refractivity contribution in [2.45, 2.75) is 25.3 Å². The molecule has 2 N–H and O–H groups in total. The third-order valence-electron chi connectivity index (χ3n) is 2.96. The minimum atomic E-state index is -0.0214. The van der Waals surface area contributed by atoms with Crippen molar-refractivity contribution in [3.05, 3.63) is 18.0 Å². The standard InChI is InChI=1S/C11H18N4O/c1-15-10(5-8-13-15)11(16)14-9-3-2-6-12-7-4-9/h5,8-9,12H,2-4,6-7H2,1H3,(H,14,16). The van der Waals surface area contributed by atoms with Crippen LogP contribution in [0.5, 0.6) is 0 Å². The average Bonchev–Trinajstić information content (AvgIpc) is 2.53. The molecule has 0 bridgehead atoms. The van der Waals surface area contributed by atoms with Gasteiger partial charge in [-0.05, 0) is 38.4 Å². The molecular formula is C11H18N4O. The number of hydrogen-bond donors (Lipinski definition) is 2. The molecule has 1 atom stereocenters. The molecule has 0 saturated carbocycles. The zero-order valence-electron chi connectivity index (χ0n) is 9.57. The number of carbonyl (C=O) groups excluding carboxylic acids is 1. The Balaban J connectivity index is 1.93. The Morgan fingerprint density at radius 2 is 2.44 bits per heavy atom. The quantitative estimate of drug-likeness (QED) is 0.756. The predicted molar refractivity (Wildman–Crippen MR) is 61.2 cm³/mol. The fourth-order valence-corrected chi connectivity index (χ4v) is 2.02. The molecule has 5 heteroatoms. The molecule has 2 heterocycles. The van der Waals surface area contributed by atoms with Crippen LogP contribution < -0.4 is 10.6 Å². The van der Waals surface area contributed by atoms with E-state index in [0.29, 0.717) is 5.69 Å². The van der Waals surface area contributed by atoms with Gasteiger partial charge in [0.2, 0.25) is 0 Å². The first-order valence-corrected chi connectivity index (χ1v) is 5.77. The third kappa shape index (κ3) is 2.61. The van der Waals surface area contributed by atoms with Gasteiger partial charge < -0.3 is 10.6 Å². The molecule has 1 aliphatic heterocycles. The van der Waals surface area contributed by atoms with E-state index in [1.165, 1.54) is 0 Å². The van der Waals surface area contributed by atoms with Gasteiger partial charge in [-0.15, -0.1) is 0 Å². The molecule has 2 rings (SSSR count). The Morgan fingerprint density at radius 1 is 1.56 bits per heavy atom. The van der Waals surface area contributed by atoms with E-state index in [0.717, 1.165) is 32.4 Å². The maximum Gasteiger partial charge on any atom is 0.269 e. The Kier molecular flexibility index (Phi) is 3.56. The van der Waals surface area contributed by atoms with Crippen LogP contribution in [0.3, 0.4) is 0 Å². The second-order valence-electron chi connectivity index (χ2n) is 4.19. The highest BCUT2D eigenvalue weighted by Crippen LogP contribution is 2.06. The van der Waals surface area contributed by atoms with Crippen molar-refractivity contribution in [2.24, 2.45) is 7.05 Å². The summed E-state index contributed by atoms with van der Waals surface area (Å²) >= 11 is 0. The van der Waals surface area contributed by atoms with Gasteiger partial charge >= 0.3 is 0 Å². The molecule has 1 fully saturated rings. The lowest BCUT2D eigenvalue weighted by Crippen LogP contribution is -2.36. The predicted octanol–water partition coefficient (Wildman–Crippen LogP) is 0.292. The second-order valence-corrected chi connectivity index (χ2v) is 4.19. The fraction of sp³-hybridized carbons (Fsp3) is 0.636. The summed E-state index contributed by atoms with van der Waals surface area (Å²) in [6.45, 7) is 2.04. The zero-order chi connectivity index (χ0) is 11.4. The summed E-state index contributed by atoms with van der Waals surface area (Å²) in [5, 5.41) is 10.4. The van der Waals surface area contributed by atoms with E-state index in [1.54, 1.807) is 24.0 Å². The first kappa shape index (κ1) is 11.1. The van der Waals surface area contributed by atoms with E-state index in [1.807, 2.05) is 0 Å². The molecule has 5 nitrogen and oxygen atoms in total. The summed E-state index contributed by atoms with van der Waals surface area (Å²) in [6, 6.07) is 2.03. The minimum Gasteiger partial charge on any atom is -0.348 e. The van der Waals surface area contributed by atoms with Gasteiger partial charge in [-0.1, -0.05) is 0 Å². The number of carbonyl (C=O) groups is 1. The van der Waals surface area contributed by atoms with Gasteiger partial charge in [-0.2, -0.15) is 5.10 Å². The molecule has 1 aromatic rings. The molecule has 0 radical (unpaired) electrons. The molecule has 1 saturated heterocycles. The number of aromatic nitrogens is 2. The maximum absolute atomic E-state index is 11.9. The first-order chi connectivity index (χ1) is 7.77. The smallest absolute Gasteiger partial charge is 0.269 e. The van der Waals surface area contributed by atoms with Crippen LogP contribution in [0.2, 0.25) is 0 Å². The lowest BCUT2D eigenvalue weighted by molar-refractivity contribution is 0.0924. The van der Waals surface area contributed by atoms with E-state index >= 15 is 0 Å². The molecular weight excluding hydrogens is 204 g/mol. The lowest BCUT2D eigenvalue weighted by atomic mass is 10.1. The fourth-order valence-electron chi connectivity index (χ4n) is 2.02. The van der Waals surface area contributed by atoms with Crippen LogP contribution in [0.15, 0.2) is 12.3 Å². The Labute approximate surface area is 95.2 Å². The molecule has 1 aromatic heterocycles. The lowest BCUT2D eigenvalue weighted by Gasteiger charge is -2.15. The van der Waals surface area contributed by atoms with E-state index < -0.39 is 0 Å². The molecule has 16 heavy (non-hydrogen) atoms. The highest BCUT2D eigenvalue weighted by molar-refractivity contribution is 5.92. The maximum atomic E-state index is 11.9. The minimum absolute atomic E-state index is 0.0214. The number of rotatable bonds is 2. The van der Waals surface area contributed by atoms with Gasteiger partial charge in [0, 0.05) is 19.3 Å². The average molecular weight is 222 g/mol. The van der Waals surface area contributed by atoms with Gasteiger partial charge in [0.1, 0.15) is 5.69 Å². The van der Waals surface area contributed by atoms with Crippen LogP contribution in [0, 0.1) is 0 Å². The van der Waals surface area contributed by atoms with Crippen LogP contribution >= 0.6 is 0 Å². The summed E-state index contributed by atoms with van der Waals surface area (Å²) in [4.78, 5) is 11.9. The highest BCUT2D eigenvalue weighted by atomic mass is 16.2. The van der Waals surface area contributed by atoms with Crippen molar-refractivity contribution in [1.82, 2.24) is 20.4 Å². The normalized spacial score (nSPS) is 21.4. The van der Waals surface area contributed by atoms with Crippen molar-refractivity contribution < 1.29 is 4.79 Å².